The SMILES string of the molecule is CC(NC(=O)Cc1cc(Br)ccc1C#N)C1CC1. The predicted molar refractivity (Wildman–Crippen MR) is 72.9 cm³/mol. The van der Waals surface area contributed by atoms with Crippen LogP contribution in [0.25, 0.3) is 0 Å². The fourth-order valence-corrected chi connectivity index (χ4v) is 2.42. The van der Waals surface area contributed by atoms with Crippen LogP contribution in [-0.2, 0) is 11.2 Å². The molecule has 3 nitrogen and oxygen atoms in total. The van der Waals surface area contributed by atoms with Crippen LogP contribution in [0, 0.1) is 17.2 Å². The average molecular weight is 307 g/mol. The van der Waals surface area contributed by atoms with Crippen molar-refractivity contribution in [3.63, 3.8) is 0 Å². The van der Waals surface area contributed by atoms with Crippen molar-refractivity contribution in [2.24, 2.45) is 5.92 Å². The van der Waals surface area contributed by atoms with Gasteiger partial charge < -0.3 is 5.32 Å². The van der Waals surface area contributed by atoms with Gasteiger partial charge in [-0.3, -0.25) is 4.79 Å². The van der Waals surface area contributed by atoms with Crippen LogP contribution in [0.2, 0.25) is 0 Å². The van der Waals surface area contributed by atoms with Crippen LogP contribution in [-0.4, -0.2) is 11.9 Å². The highest BCUT2D eigenvalue weighted by atomic mass is 79.9. The average Bonchev–Trinajstić information content (AvgIpc) is 3.12. The van der Waals surface area contributed by atoms with E-state index in [-0.39, 0.29) is 18.4 Å². The zero-order valence-corrected chi connectivity index (χ0v) is 11.8. The zero-order valence-electron chi connectivity index (χ0n) is 10.2. The van der Waals surface area contributed by atoms with Crippen LogP contribution in [0.1, 0.15) is 30.9 Å². The Morgan fingerprint density at radius 2 is 2.33 bits per heavy atom. The molecule has 2 rings (SSSR count). The summed E-state index contributed by atoms with van der Waals surface area (Å²) in [5.41, 5.74) is 1.33. The lowest BCUT2D eigenvalue weighted by Gasteiger charge is -2.13. The minimum absolute atomic E-state index is 0.0102. The first-order valence-electron chi connectivity index (χ1n) is 6.08. The fourth-order valence-electron chi connectivity index (χ4n) is 2.01. The second kappa shape index (κ2) is 5.53. The monoisotopic (exact) mass is 306 g/mol. The van der Waals surface area contributed by atoms with Gasteiger partial charge in [0.25, 0.3) is 0 Å². The molecule has 0 aromatic heterocycles. The van der Waals surface area contributed by atoms with Gasteiger partial charge in [0, 0.05) is 10.5 Å². The molecule has 1 atom stereocenters. The van der Waals surface area contributed by atoms with E-state index in [2.05, 4.69) is 27.3 Å². The Kier molecular flexibility index (Phi) is 4.03. The van der Waals surface area contributed by atoms with Crippen LogP contribution in [0.3, 0.4) is 0 Å². The van der Waals surface area contributed by atoms with Crippen molar-refractivity contribution in [1.29, 1.82) is 5.26 Å². The third-order valence-corrected chi connectivity index (χ3v) is 3.75. The van der Waals surface area contributed by atoms with E-state index in [0.717, 1.165) is 10.0 Å². The maximum Gasteiger partial charge on any atom is 0.224 e. The Labute approximate surface area is 115 Å². The molecule has 94 valence electrons. The molecule has 1 amide bonds. The number of amides is 1. The molecule has 4 heteroatoms. The number of hydrogen-bond donors (Lipinski definition) is 1. The molecule has 0 spiro atoms. The van der Waals surface area contributed by atoms with Gasteiger partial charge in [-0.05, 0) is 49.4 Å². The smallest absolute Gasteiger partial charge is 0.224 e. The maximum atomic E-state index is 11.9. The minimum Gasteiger partial charge on any atom is -0.353 e. The van der Waals surface area contributed by atoms with E-state index in [1.54, 1.807) is 6.07 Å². The van der Waals surface area contributed by atoms with Gasteiger partial charge in [-0.25, -0.2) is 0 Å². The van der Waals surface area contributed by atoms with Crippen molar-refractivity contribution in [1.82, 2.24) is 5.32 Å². The van der Waals surface area contributed by atoms with Crippen LogP contribution in [0.4, 0.5) is 0 Å². The lowest BCUT2D eigenvalue weighted by atomic mass is 10.0. The number of halogens is 1. The number of rotatable bonds is 4. The van der Waals surface area contributed by atoms with Crippen LogP contribution in [0.15, 0.2) is 22.7 Å². The molecule has 1 aromatic rings. The Morgan fingerprint density at radius 1 is 1.61 bits per heavy atom. The first-order valence-corrected chi connectivity index (χ1v) is 6.87. The first-order chi connectivity index (χ1) is 8.60. The number of carbonyl (C=O) groups excluding carboxylic acids is 1. The predicted octanol–water partition coefficient (Wildman–Crippen LogP) is 2.78. The van der Waals surface area contributed by atoms with Crippen molar-refractivity contribution in [2.75, 3.05) is 0 Å². The minimum atomic E-state index is -0.0102. The van der Waals surface area contributed by atoms with E-state index in [0.29, 0.717) is 11.5 Å². The van der Waals surface area contributed by atoms with Crippen LogP contribution >= 0.6 is 15.9 Å². The molecule has 1 unspecified atom stereocenters. The normalized spacial score (nSPS) is 15.8. The van der Waals surface area contributed by atoms with E-state index < -0.39 is 0 Å². The molecule has 1 fully saturated rings. The van der Waals surface area contributed by atoms with Gasteiger partial charge in [-0.2, -0.15) is 5.26 Å². The molecular weight excluding hydrogens is 292 g/mol. The molecular formula is C14H15BrN2O. The highest BCUT2D eigenvalue weighted by Crippen LogP contribution is 2.32. The number of nitrogens with one attached hydrogen (secondary N) is 1. The van der Waals surface area contributed by atoms with Gasteiger partial charge in [0.2, 0.25) is 5.91 Å². The molecule has 0 bridgehead atoms. The molecule has 1 aliphatic rings. The van der Waals surface area contributed by atoms with E-state index >= 15 is 0 Å². The number of nitriles is 1. The summed E-state index contributed by atoms with van der Waals surface area (Å²) in [5.74, 6) is 0.635. The standard InChI is InChI=1S/C14H15BrN2O/c1-9(10-2-3-10)17-14(18)7-12-6-13(15)5-4-11(12)8-16/h4-6,9-10H,2-3,7H2,1H3,(H,17,18). The van der Waals surface area contributed by atoms with Gasteiger partial charge in [0.1, 0.15) is 0 Å². The summed E-state index contributed by atoms with van der Waals surface area (Å²) in [5, 5.41) is 12.0. The summed E-state index contributed by atoms with van der Waals surface area (Å²) in [4.78, 5) is 11.9. The van der Waals surface area contributed by atoms with Crippen molar-refractivity contribution in [2.45, 2.75) is 32.2 Å². The summed E-state index contributed by atoms with van der Waals surface area (Å²) in [6.45, 7) is 2.04. The summed E-state index contributed by atoms with van der Waals surface area (Å²) in [6, 6.07) is 7.74. The maximum absolute atomic E-state index is 11.9. The molecule has 0 radical (unpaired) electrons. The van der Waals surface area contributed by atoms with Crippen molar-refractivity contribution in [3.05, 3.63) is 33.8 Å². The topological polar surface area (TPSA) is 52.9 Å². The third kappa shape index (κ3) is 3.33. The van der Waals surface area contributed by atoms with Gasteiger partial charge in [0.15, 0.2) is 0 Å². The Bertz CT molecular complexity index is 503. The number of nitrogens with zero attached hydrogens (tertiary/aromatic N) is 1. The van der Waals surface area contributed by atoms with Gasteiger partial charge >= 0.3 is 0 Å². The fraction of sp³-hybridized carbons (Fsp3) is 0.429. The molecule has 1 N–H and O–H groups in total. The zero-order chi connectivity index (χ0) is 13.1. The number of hydrogen-bond acceptors (Lipinski definition) is 2. The second-order valence-electron chi connectivity index (χ2n) is 4.78. The van der Waals surface area contributed by atoms with Crippen LogP contribution < -0.4 is 5.32 Å². The molecule has 1 aromatic carbocycles. The van der Waals surface area contributed by atoms with Crippen molar-refractivity contribution < 1.29 is 4.79 Å². The first kappa shape index (κ1) is 13.1. The van der Waals surface area contributed by atoms with Gasteiger partial charge in [-0.15, -0.1) is 0 Å². The second-order valence-corrected chi connectivity index (χ2v) is 5.70. The highest BCUT2D eigenvalue weighted by molar-refractivity contribution is 9.10. The van der Waals surface area contributed by atoms with E-state index in [1.165, 1.54) is 12.8 Å². The van der Waals surface area contributed by atoms with Gasteiger partial charge in [-0.1, -0.05) is 15.9 Å². The van der Waals surface area contributed by atoms with Crippen LogP contribution in [0.5, 0.6) is 0 Å². The molecule has 18 heavy (non-hydrogen) atoms. The Hall–Kier alpha value is -1.34. The molecule has 0 saturated heterocycles. The molecule has 0 aliphatic heterocycles. The summed E-state index contributed by atoms with van der Waals surface area (Å²) >= 11 is 3.36. The van der Waals surface area contributed by atoms with Crippen molar-refractivity contribution >= 4 is 21.8 Å². The number of carbonyl (C=O) groups is 1. The molecule has 0 heterocycles. The molecule has 1 aliphatic carbocycles. The largest absolute Gasteiger partial charge is 0.353 e. The van der Waals surface area contributed by atoms with E-state index in [9.17, 15) is 4.79 Å². The van der Waals surface area contributed by atoms with E-state index in [1.807, 2.05) is 19.1 Å². The van der Waals surface area contributed by atoms with E-state index in [4.69, 9.17) is 5.26 Å². The van der Waals surface area contributed by atoms with Crippen molar-refractivity contribution in [3.8, 4) is 6.07 Å². The highest BCUT2D eigenvalue weighted by Gasteiger charge is 2.28. The quantitative estimate of drug-likeness (QED) is 0.930. The Morgan fingerprint density at radius 3 is 2.94 bits per heavy atom. The number of benzene rings is 1. The van der Waals surface area contributed by atoms with Gasteiger partial charge in [0.05, 0.1) is 18.1 Å². The third-order valence-electron chi connectivity index (χ3n) is 3.26. The summed E-state index contributed by atoms with van der Waals surface area (Å²) in [7, 11) is 0. The summed E-state index contributed by atoms with van der Waals surface area (Å²) < 4.78 is 0.888. The summed E-state index contributed by atoms with van der Waals surface area (Å²) in [6.07, 6.45) is 2.68. The molecule has 1 saturated carbocycles. The lowest BCUT2D eigenvalue weighted by molar-refractivity contribution is -0.121. The lowest BCUT2D eigenvalue weighted by Crippen LogP contribution is -2.35. The Balaban J connectivity index is 2.01.